The first kappa shape index (κ1) is 15.0. The third-order valence-electron chi connectivity index (χ3n) is 3.56. The number of rotatable bonds is 7. The summed E-state index contributed by atoms with van der Waals surface area (Å²) in [4.78, 5) is 23.4. The van der Waals surface area contributed by atoms with Crippen LogP contribution in [0.2, 0.25) is 0 Å². The first-order chi connectivity index (χ1) is 8.55. The summed E-state index contributed by atoms with van der Waals surface area (Å²) in [7, 11) is 0. The zero-order chi connectivity index (χ0) is 13.6. The van der Waals surface area contributed by atoms with Crippen LogP contribution in [-0.2, 0) is 14.3 Å². The third kappa shape index (κ3) is 3.45. The van der Waals surface area contributed by atoms with Crippen LogP contribution in [0.4, 0.5) is 0 Å². The number of ether oxygens (including phenoxy) is 1. The molecular formula is C13H23NO4. The Bertz CT molecular complexity index is 297. The molecule has 0 bridgehead atoms. The molecule has 1 aliphatic rings. The van der Waals surface area contributed by atoms with Gasteiger partial charge in [-0.05, 0) is 12.8 Å². The number of carboxylic acid groups (broad SMARTS) is 1. The summed E-state index contributed by atoms with van der Waals surface area (Å²) in [5, 5.41) is 11.9. The van der Waals surface area contributed by atoms with Crippen molar-refractivity contribution < 1.29 is 19.4 Å². The maximum absolute atomic E-state index is 12.1. The average Bonchev–Trinajstić information content (AvgIpc) is 2.80. The Balaban J connectivity index is 2.62. The van der Waals surface area contributed by atoms with E-state index in [9.17, 15) is 14.7 Å². The number of hydrogen-bond acceptors (Lipinski definition) is 3. The second-order valence-electron chi connectivity index (χ2n) is 4.93. The van der Waals surface area contributed by atoms with Crippen molar-refractivity contribution in [2.45, 2.75) is 51.5 Å². The summed E-state index contributed by atoms with van der Waals surface area (Å²) in [5.41, 5.74) is -1.21. The SMILES string of the molecule is CCCCC(CC)C(=O)NC1(C(=O)O)CCOC1. The molecule has 1 rings (SSSR count). The number of unbranched alkanes of at least 4 members (excludes halogenated alkanes) is 1. The number of nitrogens with one attached hydrogen (secondary N) is 1. The Kier molecular flexibility index (Phi) is 5.59. The molecule has 0 aromatic carbocycles. The van der Waals surface area contributed by atoms with Crippen LogP contribution in [0.3, 0.4) is 0 Å². The van der Waals surface area contributed by atoms with E-state index in [4.69, 9.17) is 4.74 Å². The number of hydrogen-bond donors (Lipinski definition) is 2. The van der Waals surface area contributed by atoms with Crippen molar-refractivity contribution in [2.75, 3.05) is 13.2 Å². The summed E-state index contributed by atoms with van der Waals surface area (Å²) in [6.45, 7) is 4.49. The summed E-state index contributed by atoms with van der Waals surface area (Å²) in [6.07, 6.45) is 3.93. The Morgan fingerprint density at radius 3 is 2.61 bits per heavy atom. The molecule has 5 nitrogen and oxygen atoms in total. The zero-order valence-electron chi connectivity index (χ0n) is 11.2. The van der Waals surface area contributed by atoms with Crippen molar-refractivity contribution in [3.63, 3.8) is 0 Å². The molecule has 1 aliphatic heterocycles. The van der Waals surface area contributed by atoms with Gasteiger partial charge in [0.25, 0.3) is 0 Å². The van der Waals surface area contributed by atoms with Gasteiger partial charge in [-0.2, -0.15) is 0 Å². The molecule has 104 valence electrons. The van der Waals surface area contributed by atoms with Crippen LogP contribution in [0.15, 0.2) is 0 Å². The van der Waals surface area contributed by atoms with E-state index in [1.54, 1.807) is 0 Å². The number of carbonyl (C=O) groups is 2. The van der Waals surface area contributed by atoms with E-state index < -0.39 is 11.5 Å². The van der Waals surface area contributed by atoms with Crippen molar-refractivity contribution in [1.82, 2.24) is 5.32 Å². The number of carbonyl (C=O) groups excluding carboxylic acids is 1. The van der Waals surface area contributed by atoms with E-state index in [0.29, 0.717) is 13.0 Å². The molecule has 2 atom stereocenters. The number of aliphatic carboxylic acids is 1. The second kappa shape index (κ2) is 6.73. The molecule has 1 fully saturated rings. The largest absolute Gasteiger partial charge is 0.479 e. The van der Waals surface area contributed by atoms with Gasteiger partial charge < -0.3 is 15.2 Å². The Hall–Kier alpha value is -1.10. The van der Waals surface area contributed by atoms with E-state index in [1.807, 2.05) is 6.92 Å². The van der Waals surface area contributed by atoms with Crippen LogP contribution in [-0.4, -0.2) is 35.7 Å². The lowest BCUT2D eigenvalue weighted by molar-refractivity contribution is -0.148. The Labute approximate surface area is 108 Å². The van der Waals surface area contributed by atoms with Gasteiger partial charge >= 0.3 is 5.97 Å². The van der Waals surface area contributed by atoms with E-state index in [0.717, 1.165) is 25.7 Å². The highest BCUT2D eigenvalue weighted by atomic mass is 16.5. The molecule has 2 N–H and O–H groups in total. The minimum atomic E-state index is -1.21. The normalized spacial score (nSPS) is 24.8. The lowest BCUT2D eigenvalue weighted by Gasteiger charge is -2.26. The maximum Gasteiger partial charge on any atom is 0.331 e. The predicted octanol–water partition coefficient (Wildman–Crippen LogP) is 1.56. The Morgan fingerprint density at radius 1 is 1.44 bits per heavy atom. The summed E-state index contributed by atoms with van der Waals surface area (Å²) < 4.78 is 5.12. The van der Waals surface area contributed by atoms with Gasteiger partial charge in [-0.1, -0.05) is 26.7 Å². The van der Waals surface area contributed by atoms with E-state index in [2.05, 4.69) is 12.2 Å². The fraction of sp³-hybridized carbons (Fsp3) is 0.846. The summed E-state index contributed by atoms with van der Waals surface area (Å²) in [6, 6.07) is 0. The van der Waals surface area contributed by atoms with Crippen molar-refractivity contribution in [2.24, 2.45) is 5.92 Å². The monoisotopic (exact) mass is 257 g/mol. The number of amides is 1. The minimum absolute atomic E-state index is 0.0677. The topological polar surface area (TPSA) is 75.6 Å². The van der Waals surface area contributed by atoms with Gasteiger partial charge in [-0.25, -0.2) is 4.79 Å². The highest BCUT2D eigenvalue weighted by molar-refractivity contribution is 5.88. The second-order valence-corrected chi connectivity index (χ2v) is 4.93. The van der Waals surface area contributed by atoms with Gasteiger partial charge in [0.05, 0.1) is 6.61 Å². The summed E-state index contributed by atoms with van der Waals surface area (Å²) >= 11 is 0. The van der Waals surface area contributed by atoms with Crippen LogP contribution in [0.25, 0.3) is 0 Å². The smallest absolute Gasteiger partial charge is 0.331 e. The van der Waals surface area contributed by atoms with Gasteiger partial charge in [-0.3, -0.25) is 4.79 Å². The van der Waals surface area contributed by atoms with Crippen molar-refractivity contribution in [3.05, 3.63) is 0 Å². The molecule has 2 unspecified atom stereocenters. The molecule has 0 saturated carbocycles. The zero-order valence-corrected chi connectivity index (χ0v) is 11.2. The Morgan fingerprint density at radius 2 is 2.17 bits per heavy atom. The summed E-state index contributed by atoms with van der Waals surface area (Å²) in [5.74, 6) is -1.25. The highest BCUT2D eigenvalue weighted by Crippen LogP contribution is 2.21. The quantitative estimate of drug-likeness (QED) is 0.725. The minimum Gasteiger partial charge on any atom is -0.479 e. The molecule has 0 radical (unpaired) electrons. The van der Waals surface area contributed by atoms with Crippen molar-refractivity contribution in [1.29, 1.82) is 0 Å². The van der Waals surface area contributed by atoms with Crippen LogP contribution in [0.1, 0.15) is 46.0 Å². The van der Waals surface area contributed by atoms with Gasteiger partial charge in [0.1, 0.15) is 0 Å². The average molecular weight is 257 g/mol. The lowest BCUT2D eigenvalue weighted by Crippen LogP contribution is -2.56. The van der Waals surface area contributed by atoms with Gasteiger partial charge in [0, 0.05) is 18.9 Å². The standard InChI is InChI=1S/C13H23NO4/c1-3-5-6-10(4-2)11(15)14-13(12(16)17)7-8-18-9-13/h10H,3-9H2,1-2H3,(H,14,15)(H,16,17). The highest BCUT2D eigenvalue weighted by Gasteiger charge is 2.44. The van der Waals surface area contributed by atoms with E-state index in [-0.39, 0.29) is 18.4 Å². The molecule has 18 heavy (non-hydrogen) atoms. The van der Waals surface area contributed by atoms with E-state index in [1.165, 1.54) is 0 Å². The third-order valence-corrected chi connectivity index (χ3v) is 3.56. The van der Waals surface area contributed by atoms with Crippen LogP contribution in [0.5, 0.6) is 0 Å². The molecule has 1 amide bonds. The van der Waals surface area contributed by atoms with Gasteiger partial charge in [0.15, 0.2) is 5.54 Å². The van der Waals surface area contributed by atoms with Crippen LogP contribution < -0.4 is 5.32 Å². The molecule has 5 heteroatoms. The van der Waals surface area contributed by atoms with Crippen molar-refractivity contribution in [3.8, 4) is 0 Å². The molecule has 1 saturated heterocycles. The first-order valence-electron chi connectivity index (χ1n) is 6.69. The first-order valence-corrected chi connectivity index (χ1v) is 6.69. The molecule has 0 aliphatic carbocycles. The van der Waals surface area contributed by atoms with Crippen LogP contribution in [0, 0.1) is 5.92 Å². The van der Waals surface area contributed by atoms with Gasteiger partial charge in [-0.15, -0.1) is 0 Å². The number of carboxylic acids is 1. The lowest BCUT2D eigenvalue weighted by atomic mass is 9.94. The molecule has 0 aromatic heterocycles. The molecule has 0 aromatic rings. The van der Waals surface area contributed by atoms with Gasteiger partial charge in [0.2, 0.25) is 5.91 Å². The molecule has 0 spiro atoms. The van der Waals surface area contributed by atoms with Crippen molar-refractivity contribution >= 4 is 11.9 Å². The van der Waals surface area contributed by atoms with Crippen LogP contribution >= 0.6 is 0 Å². The fourth-order valence-electron chi connectivity index (χ4n) is 2.19. The molecular weight excluding hydrogens is 234 g/mol. The maximum atomic E-state index is 12.1. The predicted molar refractivity (Wildman–Crippen MR) is 67.3 cm³/mol. The van der Waals surface area contributed by atoms with E-state index >= 15 is 0 Å². The molecule has 1 heterocycles. The fourth-order valence-corrected chi connectivity index (χ4v) is 2.19.